The van der Waals surface area contributed by atoms with E-state index in [1.165, 1.54) is 22.2 Å². The zero-order valence-electron chi connectivity index (χ0n) is 15.7. The number of hydrogen-bond donors (Lipinski definition) is 0. The molecule has 26 heavy (non-hydrogen) atoms. The van der Waals surface area contributed by atoms with E-state index in [4.69, 9.17) is 9.47 Å². The molecule has 0 fully saturated rings. The molecule has 0 saturated heterocycles. The van der Waals surface area contributed by atoms with Gasteiger partial charge in [-0.25, -0.2) is 0 Å². The molecule has 1 aromatic heterocycles. The molecule has 0 amide bonds. The van der Waals surface area contributed by atoms with Gasteiger partial charge in [-0.2, -0.15) is 0 Å². The number of fused-ring (bicyclic) bond motifs is 3. The molecule has 3 aromatic rings. The van der Waals surface area contributed by atoms with E-state index in [1.807, 2.05) is 30.3 Å². The first-order chi connectivity index (χ1) is 12.7. The maximum atomic E-state index is 5.96. The van der Waals surface area contributed by atoms with Crippen molar-refractivity contribution in [1.82, 2.24) is 9.47 Å². The van der Waals surface area contributed by atoms with Crippen molar-refractivity contribution in [3.63, 3.8) is 0 Å². The van der Waals surface area contributed by atoms with Gasteiger partial charge in [-0.05, 0) is 49.9 Å². The summed E-state index contributed by atoms with van der Waals surface area (Å²) in [5.41, 5.74) is 4.15. The van der Waals surface area contributed by atoms with Crippen LogP contribution in [0.1, 0.15) is 24.2 Å². The van der Waals surface area contributed by atoms with Crippen molar-refractivity contribution >= 4 is 10.9 Å². The van der Waals surface area contributed by atoms with Crippen LogP contribution in [0, 0.1) is 0 Å². The Bertz CT molecular complexity index is 901. The van der Waals surface area contributed by atoms with Gasteiger partial charge in [0, 0.05) is 35.6 Å². The third-order valence-electron chi connectivity index (χ3n) is 5.53. The number of benzene rings is 2. The molecule has 4 heteroatoms. The summed E-state index contributed by atoms with van der Waals surface area (Å²) in [6, 6.07) is 16.9. The highest BCUT2D eigenvalue weighted by Crippen LogP contribution is 2.38. The van der Waals surface area contributed by atoms with Gasteiger partial charge >= 0.3 is 0 Å². The van der Waals surface area contributed by atoms with E-state index in [1.54, 1.807) is 7.11 Å². The van der Waals surface area contributed by atoms with Gasteiger partial charge in [0.2, 0.25) is 0 Å². The molecule has 136 valence electrons. The summed E-state index contributed by atoms with van der Waals surface area (Å²) in [6.07, 6.45) is 1.07. The number of rotatable bonds is 5. The van der Waals surface area contributed by atoms with Crippen molar-refractivity contribution in [3.8, 4) is 11.5 Å². The van der Waals surface area contributed by atoms with Gasteiger partial charge < -0.3 is 14.0 Å². The van der Waals surface area contributed by atoms with E-state index in [0.29, 0.717) is 12.6 Å². The lowest BCUT2D eigenvalue weighted by molar-refractivity contribution is 0.242. The molecule has 2 aromatic carbocycles. The number of likely N-dealkylation sites (N-methyl/N-ethyl adjacent to an activating group) is 1. The van der Waals surface area contributed by atoms with Crippen molar-refractivity contribution in [3.05, 3.63) is 59.8 Å². The van der Waals surface area contributed by atoms with Gasteiger partial charge in [0.15, 0.2) is 0 Å². The number of para-hydroxylation sites is 1. The van der Waals surface area contributed by atoms with E-state index >= 15 is 0 Å². The topological polar surface area (TPSA) is 26.6 Å². The summed E-state index contributed by atoms with van der Waals surface area (Å²) in [5, 5.41) is 1.30. The van der Waals surface area contributed by atoms with E-state index in [0.717, 1.165) is 31.0 Å². The van der Waals surface area contributed by atoms with Crippen molar-refractivity contribution in [1.29, 1.82) is 0 Å². The van der Waals surface area contributed by atoms with Crippen molar-refractivity contribution in [2.45, 2.75) is 25.9 Å². The highest BCUT2D eigenvalue weighted by atomic mass is 16.5. The molecular formula is C22H26N2O2. The van der Waals surface area contributed by atoms with Crippen LogP contribution in [0.3, 0.4) is 0 Å². The number of hydrogen-bond acceptors (Lipinski definition) is 3. The number of methoxy groups -OCH3 is 1. The smallest absolute Gasteiger partial charge is 0.119 e. The molecule has 1 aliphatic rings. The van der Waals surface area contributed by atoms with Gasteiger partial charge in [0.1, 0.15) is 18.1 Å². The highest BCUT2D eigenvalue weighted by molar-refractivity contribution is 5.87. The molecule has 0 N–H and O–H groups in total. The average Bonchev–Trinajstić information content (AvgIpc) is 2.99. The molecule has 4 nitrogen and oxygen atoms in total. The molecular weight excluding hydrogens is 324 g/mol. The molecule has 4 rings (SSSR count). The zero-order chi connectivity index (χ0) is 18.1. The van der Waals surface area contributed by atoms with Crippen LogP contribution in [-0.2, 0) is 13.0 Å². The lowest BCUT2D eigenvalue weighted by atomic mass is 9.97. The fraction of sp³-hybridized carbons (Fsp3) is 0.364. The molecule has 2 heterocycles. The fourth-order valence-electron chi connectivity index (χ4n) is 4.00. The van der Waals surface area contributed by atoms with Gasteiger partial charge in [-0.3, -0.25) is 4.90 Å². The second kappa shape index (κ2) is 7.04. The zero-order valence-corrected chi connectivity index (χ0v) is 15.7. The van der Waals surface area contributed by atoms with Crippen LogP contribution in [0.25, 0.3) is 10.9 Å². The first kappa shape index (κ1) is 17.0. The molecule has 0 saturated carbocycles. The molecule has 0 aliphatic carbocycles. The van der Waals surface area contributed by atoms with Crippen LogP contribution in [0.4, 0.5) is 0 Å². The van der Waals surface area contributed by atoms with Gasteiger partial charge in [0.25, 0.3) is 0 Å². The summed E-state index contributed by atoms with van der Waals surface area (Å²) in [5.74, 6) is 1.84. The first-order valence-corrected chi connectivity index (χ1v) is 9.26. The van der Waals surface area contributed by atoms with Crippen molar-refractivity contribution in [2.24, 2.45) is 0 Å². The van der Waals surface area contributed by atoms with Crippen LogP contribution < -0.4 is 9.47 Å². The van der Waals surface area contributed by atoms with Gasteiger partial charge in [-0.1, -0.05) is 18.2 Å². The third kappa shape index (κ3) is 2.95. The molecule has 1 unspecified atom stereocenters. The van der Waals surface area contributed by atoms with E-state index in [9.17, 15) is 0 Å². The predicted octanol–water partition coefficient (Wildman–Crippen LogP) is 4.28. The monoisotopic (exact) mass is 350 g/mol. The minimum atomic E-state index is 0.407. The fourth-order valence-corrected chi connectivity index (χ4v) is 4.00. The molecule has 1 aliphatic heterocycles. The van der Waals surface area contributed by atoms with Crippen molar-refractivity contribution in [2.75, 3.05) is 27.3 Å². The van der Waals surface area contributed by atoms with E-state index < -0.39 is 0 Å². The Kier molecular flexibility index (Phi) is 4.60. The van der Waals surface area contributed by atoms with E-state index in [-0.39, 0.29) is 0 Å². The Hall–Kier alpha value is -2.46. The lowest BCUT2D eigenvalue weighted by Gasteiger charge is -2.31. The molecule has 0 radical (unpaired) electrons. The maximum absolute atomic E-state index is 5.96. The Morgan fingerprint density at radius 1 is 1.08 bits per heavy atom. The average molecular weight is 350 g/mol. The molecule has 0 bridgehead atoms. The SMILES string of the molecule is COc1ccc2c(c1)c1c(n2CCOc2ccccc2)CCN(C)C1C. The first-order valence-electron chi connectivity index (χ1n) is 9.26. The summed E-state index contributed by atoms with van der Waals surface area (Å²) in [7, 11) is 3.93. The Labute approximate surface area is 154 Å². The van der Waals surface area contributed by atoms with Gasteiger partial charge in [-0.15, -0.1) is 0 Å². The summed E-state index contributed by atoms with van der Waals surface area (Å²) in [4.78, 5) is 2.42. The summed E-state index contributed by atoms with van der Waals surface area (Å²) in [6.45, 7) is 4.89. The quantitative estimate of drug-likeness (QED) is 0.687. The minimum absolute atomic E-state index is 0.407. The van der Waals surface area contributed by atoms with Gasteiger partial charge in [0.05, 0.1) is 13.7 Å². The minimum Gasteiger partial charge on any atom is -0.497 e. The van der Waals surface area contributed by atoms with Crippen molar-refractivity contribution < 1.29 is 9.47 Å². The predicted molar refractivity (Wildman–Crippen MR) is 105 cm³/mol. The third-order valence-corrected chi connectivity index (χ3v) is 5.53. The summed E-state index contributed by atoms with van der Waals surface area (Å²) >= 11 is 0. The lowest BCUT2D eigenvalue weighted by Crippen LogP contribution is -2.31. The molecule has 1 atom stereocenters. The second-order valence-electron chi connectivity index (χ2n) is 6.96. The Balaban J connectivity index is 1.69. The Morgan fingerprint density at radius 2 is 1.88 bits per heavy atom. The molecule has 0 spiro atoms. The highest BCUT2D eigenvalue weighted by Gasteiger charge is 2.28. The normalized spacial score (nSPS) is 17.3. The largest absolute Gasteiger partial charge is 0.497 e. The number of aromatic nitrogens is 1. The number of nitrogens with zero attached hydrogens (tertiary/aromatic N) is 2. The van der Waals surface area contributed by atoms with E-state index in [2.05, 4.69) is 41.6 Å². The van der Waals surface area contributed by atoms with Crippen LogP contribution in [0.2, 0.25) is 0 Å². The van der Waals surface area contributed by atoms with Crippen LogP contribution >= 0.6 is 0 Å². The van der Waals surface area contributed by atoms with Crippen LogP contribution in [0.15, 0.2) is 48.5 Å². The summed E-state index contributed by atoms with van der Waals surface area (Å²) < 4.78 is 13.9. The van der Waals surface area contributed by atoms with Crippen LogP contribution in [-0.4, -0.2) is 36.8 Å². The second-order valence-corrected chi connectivity index (χ2v) is 6.96. The Morgan fingerprint density at radius 3 is 2.65 bits per heavy atom. The maximum Gasteiger partial charge on any atom is 0.119 e. The number of ether oxygens (including phenoxy) is 2. The standard InChI is InChI=1S/C22H26N2O2/c1-16-22-19-15-18(25-3)9-10-20(19)24(21(22)11-12-23(16)2)13-14-26-17-7-5-4-6-8-17/h4-10,15-16H,11-14H2,1-3H3. The van der Waals surface area contributed by atoms with Crippen LogP contribution in [0.5, 0.6) is 11.5 Å².